The molecule has 0 fully saturated rings. The number of fused-ring (bicyclic) bond motifs is 1. The lowest BCUT2D eigenvalue weighted by molar-refractivity contribution is 0.241. The van der Waals surface area contributed by atoms with Crippen molar-refractivity contribution in [2.24, 2.45) is 4.99 Å². The van der Waals surface area contributed by atoms with Crippen LogP contribution >= 0.6 is 0 Å². The highest BCUT2D eigenvalue weighted by Gasteiger charge is 2.23. The number of hydrogen-bond acceptors (Lipinski definition) is 4. The molecule has 26 heavy (non-hydrogen) atoms. The fourth-order valence-electron chi connectivity index (χ4n) is 3.54. The fourth-order valence-corrected chi connectivity index (χ4v) is 3.54. The topological polar surface area (TPSA) is 61.4 Å². The van der Waals surface area contributed by atoms with Crippen molar-refractivity contribution in [2.45, 2.75) is 38.8 Å². The second-order valence-electron chi connectivity index (χ2n) is 6.83. The minimum Gasteiger partial charge on any atom is -0.305 e. The lowest BCUT2D eigenvalue weighted by atomic mass is 10.0. The van der Waals surface area contributed by atoms with Crippen molar-refractivity contribution in [3.05, 3.63) is 62.8 Å². The smallest absolute Gasteiger partial charge is 0.255 e. The number of aromatic nitrogens is 2. The molecule has 0 spiro atoms. The Morgan fingerprint density at radius 1 is 1.15 bits per heavy atom. The van der Waals surface area contributed by atoms with Crippen LogP contribution in [0.25, 0.3) is 0 Å². The van der Waals surface area contributed by atoms with Crippen LogP contribution in [0, 0.1) is 11.6 Å². The summed E-state index contributed by atoms with van der Waals surface area (Å²) in [4.78, 5) is 26.6. The summed E-state index contributed by atoms with van der Waals surface area (Å²) in [7, 11) is 0. The molecule has 1 N–H and O–H groups in total. The van der Waals surface area contributed by atoms with Gasteiger partial charge >= 0.3 is 0 Å². The molecular weight excluding hydrogens is 338 g/mol. The van der Waals surface area contributed by atoms with Crippen LogP contribution in [-0.4, -0.2) is 33.7 Å². The molecule has 2 aliphatic rings. The SMILES string of the molecule is O=c1[nH]c(C2=NCCCC2)nc2c1CN(Cc1ccc(F)c(F)c1)CC2. The third kappa shape index (κ3) is 3.44. The first kappa shape index (κ1) is 17.0. The van der Waals surface area contributed by atoms with Crippen molar-refractivity contribution in [1.29, 1.82) is 0 Å². The zero-order valence-electron chi connectivity index (χ0n) is 14.4. The van der Waals surface area contributed by atoms with E-state index in [4.69, 9.17) is 0 Å². The molecule has 3 heterocycles. The normalized spacial score (nSPS) is 17.7. The van der Waals surface area contributed by atoms with E-state index in [1.165, 1.54) is 6.07 Å². The predicted molar refractivity (Wildman–Crippen MR) is 94.3 cm³/mol. The molecule has 0 aliphatic carbocycles. The van der Waals surface area contributed by atoms with Crippen LogP contribution in [0.4, 0.5) is 8.78 Å². The monoisotopic (exact) mass is 358 g/mol. The van der Waals surface area contributed by atoms with Crippen LogP contribution in [0.15, 0.2) is 28.0 Å². The summed E-state index contributed by atoms with van der Waals surface area (Å²) in [6.07, 6.45) is 3.66. The van der Waals surface area contributed by atoms with E-state index in [1.807, 2.05) is 4.90 Å². The zero-order valence-corrected chi connectivity index (χ0v) is 14.4. The van der Waals surface area contributed by atoms with Crippen LogP contribution in [0.1, 0.15) is 41.9 Å². The Balaban J connectivity index is 1.54. The summed E-state index contributed by atoms with van der Waals surface area (Å²) in [6.45, 7) is 2.42. The van der Waals surface area contributed by atoms with E-state index in [-0.39, 0.29) is 5.56 Å². The van der Waals surface area contributed by atoms with Gasteiger partial charge in [0.25, 0.3) is 5.56 Å². The average Bonchev–Trinajstić information content (AvgIpc) is 2.66. The molecule has 0 bridgehead atoms. The van der Waals surface area contributed by atoms with Crippen LogP contribution in [0.2, 0.25) is 0 Å². The zero-order chi connectivity index (χ0) is 18.1. The highest BCUT2D eigenvalue weighted by Crippen LogP contribution is 2.19. The first-order valence-electron chi connectivity index (χ1n) is 8.92. The lowest BCUT2D eigenvalue weighted by Gasteiger charge is -2.28. The van der Waals surface area contributed by atoms with E-state index >= 15 is 0 Å². The first-order chi connectivity index (χ1) is 12.6. The maximum atomic E-state index is 13.4. The number of hydrogen-bond donors (Lipinski definition) is 1. The van der Waals surface area contributed by atoms with Crippen molar-refractivity contribution in [2.75, 3.05) is 13.1 Å². The standard InChI is InChI=1S/C19H20F2N4O/c20-14-5-4-12(9-15(14)21)10-25-8-6-16-13(11-25)19(26)24-18(23-16)17-3-1-2-7-22-17/h4-5,9H,1-3,6-8,10-11H2,(H,23,24,26). The van der Waals surface area contributed by atoms with Gasteiger partial charge < -0.3 is 4.98 Å². The largest absolute Gasteiger partial charge is 0.305 e. The molecule has 0 amide bonds. The van der Waals surface area contributed by atoms with E-state index in [0.29, 0.717) is 43.0 Å². The third-order valence-corrected chi connectivity index (χ3v) is 4.94. The minimum atomic E-state index is -0.850. The molecule has 1 aromatic carbocycles. The molecule has 5 nitrogen and oxygen atoms in total. The summed E-state index contributed by atoms with van der Waals surface area (Å²) in [5, 5.41) is 0. The van der Waals surface area contributed by atoms with E-state index in [1.54, 1.807) is 6.07 Å². The van der Waals surface area contributed by atoms with Gasteiger partial charge in [0.1, 0.15) is 0 Å². The Bertz CT molecular complexity index is 922. The van der Waals surface area contributed by atoms with Gasteiger partial charge in [-0.1, -0.05) is 6.07 Å². The van der Waals surface area contributed by atoms with Crippen molar-refractivity contribution < 1.29 is 8.78 Å². The maximum absolute atomic E-state index is 13.4. The van der Waals surface area contributed by atoms with E-state index in [2.05, 4.69) is 15.0 Å². The number of benzene rings is 1. The van der Waals surface area contributed by atoms with Crippen LogP contribution in [-0.2, 0) is 19.5 Å². The van der Waals surface area contributed by atoms with Gasteiger partial charge in [0.2, 0.25) is 0 Å². The Morgan fingerprint density at radius 2 is 2.04 bits per heavy atom. The molecule has 2 aliphatic heterocycles. The molecule has 2 aromatic rings. The minimum absolute atomic E-state index is 0.131. The molecule has 0 saturated carbocycles. The van der Waals surface area contributed by atoms with Crippen molar-refractivity contribution in [1.82, 2.24) is 14.9 Å². The molecule has 4 rings (SSSR count). The lowest BCUT2D eigenvalue weighted by Crippen LogP contribution is -2.36. The molecule has 0 saturated heterocycles. The summed E-state index contributed by atoms with van der Waals surface area (Å²) >= 11 is 0. The molecule has 0 unspecified atom stereocenters. The Labute approximate surface area is 149 Å². The Hall–Kier alpha value is -2.41. The van der Waals surface area contributed by atoms with Gasteiger partial charge in [0.15, 0.2) is 17.5 Å². The molecule has 136 valence electrons. The second kappa shape index (κ2) is 7.07. The average molecular weight is 358 g/mol. The molecular formula is C19H20F2N4O. The fraction of sp³-hybridized carbons (Fsp3) is 0.421. The van der Waals surface area contributed by atoms with E-state index in [0.717, 1.165) is 43.3 Å². The number of H-pyrrole nitrogens is 1. The predicted octanol–water partition coefficient (Wildman–Crippen LogP) is 2.58. The highest BCUT2D eigenvalue weighted by molar-refractivity contribution is 5.97. The summed E-state index contributed by atoms with van der Waals surface area (Å²) < 4.78 is 26.5. The molecule has 7 heteroatoms. The van der Waals surface area contributed by atoms with Crippen molar-refractivity contribution in [3.8, 4) is 0 Å². The van der Waals surface area contributed by atoms with Gasteiger partial charge in [0, 0.05) is 32.6 Å². The summed E-state index contributed by atoms with van der Waals surface area (Å²) in [5.74, 6) is -1.10. The van der Waals surface area contributed by atoms with Gasteiger partial charge in [-0.15, -0.1) is 0 Å². The van der Waals surface area contributed by atoms with Crippen molar-refractivity contribution >= 4 is 5.71 Å². The number of nitrogens with zero attached hydrogens (tertiary/aromatic N) is 3. The van der Waals surface area contributed by atoms with Gasteiger partial charge in [-0.25, -0.2) is 13.8 Å². The molecule has 1 aromatic heterocycles. The second-order valence-corrected chi connectivity index (χ2v) is 6.83. The first-order valence-corrected chi connectivity index (χ1v) is 8.92. The highest BCUT2D eigenvalue weighted by atomic mass is 19.2. The molecule has 0 radical (unpaired) electrons. The maximum Gasteiger partial charge on any atom is 0.255 e. The number of halogens is 2. The van der Waals surface area contributed by atoms with Crippen LogP contribution in [0.3, 0.4) is 0 Å². The summed E-state index contributed by atoms with van der Waals surface area (Å²) in [5.41, 5.74) is 2.91. The third-order valence-electron chi connectivity index (χ3n) is 4.94. The summed E-state index contributed by atoms with van der Waals surface area (Å²) in [6, 6.07) is 3.91. The van der Waals surface area contributed by atoms with Gasteiger partial charge in [-0.3, -0.25) is 14.7 Å². The number of aromatic amines is 1. The Morgan fingerprint density at radius 3 is 2.81 bits per heavy atom. The van der Waals surface area contributed by atoms with Crippen molar-refractivity contribution in [3.63, 3.8) is 0 Å². The van der Waals surface area contributed by atoms with Gasteiger partial charge in [-0.2, -0.15) is 0 Å². The van der Waals surface area contributed by atoms with E-state index in [9.17, 15) is 13.6 Å². The van der Waals surface area contributed by atoms with Gasteiger partial charge in [0.05, 0.1) is 17.0 Å². The van der Waals surface area contributed by atoms with Gasteiger partial charge in [-0.05, 0) is 37.0 Å². The Kier molecular flexibility index (Phi) is 4.63. The number of rotatable bonds is 3. The van der Waals surface area contributed by atoms with Crippen LogP contribution in [0.5, 0.6) is 0 Å². The number of nitrogens with one attached hydrogen (secondary N) is 1. The van der Waals surface area contributed by atoms with E-state index < -0.39 is 11.6 Å². The number of aliphatic imine (C=N–C) groups is 1. The quantitative estimate of drug-likeness (QED) is 0.917. The molecule has 0 atom stereocenters. The van der Waals surface area contributed by atoms with Crippen LogP contribution < -0.4 is 5.56 Å².